The van der Waals surface area contributed by atoms with E-state index in [9.17, 15) is 9.18 Å². The highest BCUT2D eigenvalue weighted by Crippen LogP contribution is 2.35. The summed E-state index contributed by atoms with van der Waals surface area (Å²) in [5.74, 6) is 0.593. The Labute approximate surface area is 113 Å². The van der Waals surface area contributed by atoms with Gasteiger partial charge < -0.3 is 9.64 Å². The molecule has 0 saturated carbocycles. The van der Waals surface area contributed by atoms with Crippen molar-refractivity contribution in [3.05, 3.63) is 21.8 Å². The molecule has 1 atom stereocenters. The van der Waals surface area contributed by atoms with Crippen LogP contribution in [0.3, 0.4) is 0 Å². The molecule has 0 aliphatic carbocycles. The lowest BCUT2D eigenvalue weighted by Gasteiger charge is -2.33. The average Bonchev–Trinajstić information content (AvgIpc) is 2.30. The number of anilines is 1. The molecule has 0 bridgehead atoms. The Balaban J connectivity index is 2.34. The van der Waals surface area contributed by atoms with Crippen LogP contribution < -0.4 is 9.64 Å². The van der Waals surface area contributed by atoms with E-state index in [4.69, 9.17) is 4.74 Å². The van der Waals surface area contributed by atoms with Gasteiger partial charge in [0.05, 0.1) is 12.4 Å². The molecule has 1 unspecified atom stereocenters. The van der Waals surface area contributed by atoms with Gasteiger partial charge >= 0.3 is 0 Å². The van der Waals surface area contributed by atoms with Crippen molar-refractivity contribution >= 4 is 34.2 Å². The number of hydrogen-bond donors (Lipinski definition) is 0. The maximum absolute atomic E-state index is 12.2. The number of alkyl halides is 1. The highest BCUT2D eigenvalue weighted by atomic mass is 127. The SMILES string of the molecule is CC1Oc2cc(I)ccc2N(CCCF)C1=O. The third-order valence-corrected chi connectivity index (χ3v) is 3.32. The predicted octanol–water partition coefficient (Wildman–Crippen LogP) is 2.76. The van der Waals surface area contributed by atoms with E-state index in [2.05, 4.69) is 22.6 Å². The van der Waals surface area contributed by atoms with Crippen LogP contribution in [0.15, 0.2) is 18.2 Å². The molecule has 1 aliphatic heterocycles. The molecule has 3 nitrogen and oxygen atoms in total. The number of amides is 1. The molecule has 0 saturated heterocycles. The van der Waals surface area contributed by atoms with E-state index >= 15 is 0 Å². The van der Waals surface area contributed by atoms with E-state index in [1.54, 1.807) is 11.8 Å². The molecule has 5 heteroatoms. The zero-order chi connectivity index (χ0) is 12.4. The zero-order valence-electron chi connectivity index (χ0n) is 9.45. The Morgan fingerprint density at radius 1 is 1.53 bits per heavy atom. The normalized spacial score (nSPS) is 18.9. The Morgan fingerprint density at radius 3 is 3.00 bits per heavy atom. The fourth-order valence-electron chi connectivity index (χ4n) is 1.83. The summed E-state index contributed by atoms with van der Waals surface area (Å²) in [5, 5.41) is 0. The highest BCUT2D eigenvalue weighted by Gasteiger charge is 2.30. The molecule has 1 aliphatic rings. The average molecular weight is 349 g/mol. The summed E-state index contributed by atoms with van der Waals surface area (Å²) in [7, 11) is 0. The van der Waals surface area contributed by atoms with Crippen molar-refractivity contribution in [3.8, 4) is 5.75 Å². The second kappa shape index (κ2) is 5.20. The molecule has 2 rings (SSSR count). The van der Waals surface area contributed by atoms with Crippen molar-refractivity contribution in [2.24, 2.45) is 0 Å². The van der Waals surface area contributed by atoms with Crippen molar-refractivity contribution in [1.29, 1.82) is 0 Å². The minimum absolute atomic E-state index is 0.104. The number of carbonyl (C=O) groups is 1. The van der Waals surface area contributed by atoms with Gasteiger partial charge in [0, 0.05) is 10.1 Å². The molecule has 1 amide bonds. The van der Waals surface area contributed by atoms with Gasteiger partial charge in [-0.2, -0.15) is 0 Å². The number of carbonyl (C=O) groups excluding carboxylic acids is 1. The van der Waals surface area contributed by atoms with E-state index in [1.165, 1.54) is 0 Å². The lowest BCUT2D eigenvalue weighted by atomic mass is 10.2. The molecule has 0 spiro atoms. The van der Waals surface area contributed by atoms with E-state index in [0.29, 0.717) is 18.7 Å². The van der Waals surface area contributed by atoms with Crippen LogP contribution >= 0.6 is 22.6 Å². The van der Waals surface area contributed by atoms with E-state index < -0.39 is 12.8 Å². The van der Waals surface area contributed by atoms with Crippen LogP contribution in [-0.2, 0) is 4.79 Å². The molecule has 1 aromatic rings. The van der Waals surface area contributed by atoms with E-state index in [-0.39, 0.29) is 5.91 Å². The minimum Gasteiger partial charge on any atom is -0.479 e. The Bertz CT molecular complexity index is 439. The van der Waals surface area contributed by atoms with Crippen LogP contribution in [0.5, 0.6) is 5.75 Å². The van der Waals surface area contributed by atoms with Crippen LogP contribution in [0.1, 0.15) is 13.3 Å². The summed E-state index contributed by atoms with van der Waals surface area (Å²) in [4.78, 5) is 13.6. The maximum atomic E-state index is 12.2. The van der Waals surface area contributed by atoms with Gasteiger partial charge in [-0.1, -0.05) is 0 Å². The Morgan fingerprint density at radius 2 is 2.29 bits per heavy atom. The van der Waals surface area contributed by atoms with Crippen molar-refractivity contribution in [1.82, 2.24) is 0 Å². The predicted molar refractivity (Wildman–Crippen MR) is 72.2 cm³/mol. The quantitative estimate of drug-likeness (QED) is 0.786. The summed E-state index contributed by atoms with van der Waals surface area (Å²) < 4.78 is 18.8. The second-order valence-electron chi connectivity index (χ2n) is 3.90. The molecule has 0 fully saturated rings. The third-order valence-electron chi connectivity index (χ3n) is 2.65. The van der Waals surface area contributed by atoms with Crippen LogP contribution in [0.2, 0.25) is 0 Å². The summed E-state index contributed by atoms with van der Waals surface area (Å²) in [6.45, 7) is 1.70. The first kappa shape index (κ1) is 12.6. The number of hydrogen-bond acceptors (Lipinski definition) is 2. The van der Waals surface area contributed by atoms with Crippen molar-refractivity contribution < 1.29 is 13.9 Å². The lowest BCUT2D eigenvalue weighted by Crippen LogP contribution is -2.45. The molecule has 0 N–H and O–H groups in total. The zero-order valence-corrected chi connectivity index (χ0v) is 11.6. The first-order chi connectivity index (χ1) is 8.13. The summed E-state index contributed by atoms with van der Waals surface area (Å²) in [6, 6.07) is 5.65. The number of fused-ring (bicyclic) bond motifs is 1. The summed E-state index contributed by atoms with van der Waals surface area (Å²) >= 11 is 2.19. The standard InChI is InChI=1S/C12H13FINO2/c1-8-12(16)15(6-2-5-13)10-4-3-9(14)7-11(10)17-8/h3-4,7-8H,2,5-6H2,1H3. The fourth-order valence-corrected chi connectivity index (χ4v) is 2.30. The second-order valence-corrected chi connectivity index (χ2v) is 5.15. The summed E-state index contributed by atoms with van der Waals surface area (Å²) in [5.41, 5.74) is 0.738. The highest BCUT2D eigenvalue weighted by molar-refractivity contribution is 14.1. The molecular formula is C12H13FINO2. The van der Waals surface area contributed by atoms with Crippen LogP contribution in [0, 0.1) is 3.57 Å². The van der Waals surface area contributed by atoms with Crippen molar-refractivity contribution in [2.75, 3.05) is 18.1 Å². The van der Waals surface area contributed by atoms with Gasteiger partial charge in [-0.15, -0.1) is 0 Å². The molecular weight excluding hydrogens is 336 g/mol. The lowest BCUT2D eigenvalue weighted by molar-refractivity contribution is -0.125. The van der Waals surface area contributed by atoms with Gasteiger partial charge in [0.15, 0.2) is 6.10 Å². The molecule has 0 radical (unpaired) electrons. The van der Waals surface area contributed by atoms with E-state index in [1.807, 2.05) is 18.2 Å². The van der Waals surface area contributed by atoms with Gasteiger partial charge in [0.25, 0.3) is 5.91 Å². The van der Waals surface area contributed by atoms with Gasteiger partial charge in [-0.25, -0.2) is 0 Å². The monoisotopic (exact) mass is 349 g/mol. The number of halogens is 2. The Kier molecular flexibility index (Phi) is 3.86. The van der Waals surface area contributed by atoms with Crippen LogP contribution in [0.25, 0.3) is 0 Å². The number of ether oxygens (including phenoxy) is 1. The van der Waals surface area contributed by atoms with Gasteiger partial charge in [-0.3, -0.25) is 9.18 Å². The number of benzene rings is 1. The first-order valence-corrected chi connectivity index (χ1v) is 6.55. The Hall–Kier alpha value is -0.850. The smallest absolute Gasteiger partial charge is 0.267 e. The maximum Gasteiger partial charge on any atom is 0.267 e. The number of rotatable bonds is 3. The van der Waals surface area contributed by atoms with Crippen molar-refractivity contribution in [3.63, 3.8) is 0 Å². The van der Waals surface area contributed by atoms with Crippen molar-refractivity contribution in [2.45, 2.75) is 19.4 Å². The first-order valence-electron chi connectivity index (χ1n) is 5.47. The third kappa shape index (κ3) is 2.53. The van der Waals surface area contributed by atoms with Gasteiger partial charge in [-0.05, 0) is 54.1 Å². The molecule has 17 heavy (non-hydrogen) atoms. The number of nitrogens with zero attached hydrogens (tertiary/aromatic N) is 1. The molecule has 0 aromatic heterocycles. The largest absolute Gasteiger partial charge is 0.479 e. The topological polar surface area (TPSA) is 29.5 Å². The van der Waals surface area contributed by atoms with E-state index in [0.717, 1.165) is 9.26 Å². The fraction of sp³-hybridized carbons (Fsp3) is 0.417. The van der Waals surface area contributed by atoms with Gasteiger partial charge in [0.2, 0.25) is 0 Å². The summed E-state index contributed by atoms with van der Waals surface area (Å²) in [6.07, 6.45) is -0.149. The van der Waals surface area contributed by atoms with Gasteiger partial charge in [0.1, 0.15) is 5.75 Å². The molecule has 1 heterocycles. The minimum atomic E-state index is -0.500. The molecule has 92 valence electrons. The van der Waals surface area contributed by atoms with Crippen LogP contribution in [-0.4, -0.2) is 25.2 Å². The molecule has 1 aromatic carbocycles. The van der Waals surface area contributed by atoms with Crippen LogP contribution in [0.4, 0.5) is 10.1 Å².